The van der Waals surface area contributed by atoms with Crippen LogP contribution in [-0.4, -0.2) is 29.6 Å². The van der Waals surface area contributed by atoms with Crippen molar-refractivity contribution in [3.63, 3.8) is 0 Å². The molecule has 1 amide bonds. The number of halogens is 5. The van der Waals surface area contributed by atoms with Gasteiger partial charge in [-0.2, -0.15) is 18.4 Å². The molecule has 0 spiro atoms. The number of carbonyl (C=O) groups is 1. The molecule has 0 radical (unpaired) electrons. The maximum absolute atomic E-state index is 14.8. The first-order valence-corrected chi connectivity index (χ1v) is 12.4. The summed E-state index contributed by atoms with van der Waals surface area (Å²) >= 11 is 0. The summed E-state index contributed by atoms with van der Waals surface area (Å²) in [5.41, 5.74) is -1.37. The molecule has 38 heavy (non-hydrogen) atoms. The largest absolute Gasteiger partial charge is 0.426 e. The van der Waals surface area contributed by atoms with Crippen molar-refractivity contribution in [3.8, 4) is 6.07 Å². The van der Waals surface area contributed by atoms with Crippen LogP contribution in [0.1, 0.15) is 46.7 Å². The minimum absolute atomic E-state index is 0.0189. The maximum Gasteiger partial charge on any atom is 0.426 e. The number of nitrogens with zero attached hydrogens (tertiary/aromatic N) is 2. The molecule has 1 heterocycles. The molecular formula is C30H25F5N2O. The maximum atomic E-state index is 14.8. The SMILES string of the molecule is CC(F)(c1ccc2c(c1)CC1N(C(=O)Cc3ccccc3C#N)CCC21Cc1ccc(F)cc1)C(F)(F)F. The van der Waals surface area contributed by atoms with Crippen LogP contribution in [0.4, 0.5) is 22.0 Å². The van der Waals surface area contributed by atoms with Crippen molar-refractivity contribution >= 4 is 5.91 Å². The van der Waals surface area contributed by atoms with Gasteiger partial charge in [0.05, 0.1) is 18.1 Å². The highest BCUT2D eigenvalue weighted by Gasteiger charge is 2.57. The molecule has 1 aliphatic heterocycles. The van der Waals surface area contributed by atoms with Crippen LogP contribution in [0.15, 0.2) is 66.7 Å². The molecule has 3 aromatic rings. The molecule has 8 heteroatoms. The Bertz CT molecular complexity index is 1420. The number of nitriles is 1. The number of rotatable bonds is 5. The number of carbonyl (C=O) groups excluding carboxylic acids is 1. The molecule has 3 unspecified atom stereocenters. The van der Waals surface area contributed by atoms with Crippen LogP contribution in [0.25, 0.3) is 0 Å². The number of likely N-dealkylation sites (tertiary alicyclic amines) is 1. The molecule has 3 aromatic carbocycles. The van der Waals surface area contributed by atoms with E-state index < -0.39 is 22.8 Å². The van der Waals surface area contributed by atoms with E-state index in [-0.39, 0.29) is 30.6 Å². The molecule has 196 valence electrons. The Kier molecular flexibility index (Phi) is 6.29. The van der Waals surface area contributed by atoms with Gasteiger partial charge in [-0.05, 0) is 72.2 Å². The van der Waals surface area contributed by atoms with Crippen molar-refractivity contribution in [3.05, 3.63) is 106 Å². The predicted molar refractivity (Wildman–Crippen MR) is 131 cm³/mol. The van der Waals surface area contributed by atoms with Gasteiger partial charge < -0.3 is 4.90 Å². The summed E-state index contributed by atoms with van der Waals surface area (Å²) in [7, 11) is 0. The molecule has 1 saturated heterocycles. The van der Waals surface area contributed by atoms with Crippen molar-refractivity contribution in [2.24, 2.45) is 0 Å². The summed E-state index contributed by atoms with van der Waals surface area (Å²) in [6.07, 6.45) is -3.76. The lowest BCUT2D eigenvalue weighted by molar-refractivity contribution is -0.228. The van der Waals surface area contributed by atoms with Crippen molar-refractivity contribution in [1.29, 1.82) is 5.26 Å². The van der Waals surface area contributed by atoms with Crippen molar-refractivity contribution in [1.82, 2.24) is 4.90 Å². The average Bonchev–Trinajstić information content (AvgIpc) is 3.38. The summed E-state index contributed by atoms with van der Waals surface area (Å²) in [4.78, 5) is 15.3. The molecule has 1 aliphatic carbocycles. The number of benzene rings is 3. The second-order valence-corrected chi connectivity index (χ2v) is 10.3. The number of hydrogen-bond acceptors (Lipinski definition) is 2. The van der Waals surface area contributed by atoms with E-state index >= 15 is 0 Å². The molecule has 2 aliphatic rings. The second-order valence-electron chi connectivity index (χ2n) is 10.3. The molecule has 3 nitrogen and oxygen atoms in total. The minimum Gasteiger partial charge on any atom is -0.338 e. The second kappa shape index (κ2) is 9.23. The monoisotopic (exact) mass is 524 g/mol. The standard InChI is InChI=1S/C30H25F5N2O/c1-28(32,30(33,34)35)23-8-11-25-22(14-23)15-26-29(25,17-19-6-9-24(31)10-7-19)12-13-37(26)27(38)16-20-4-2-3-5-21(20)18-36/h2-11,14,26H,12-13,15-17H2,1H3. The van der Waals surface area contributed by atoms with E-state index in [0.717, 1.165) is 11.1 Å². The van der Waals surface area contributed by atoms with Crippen LogP contribution in [0.2, 0.25) is 0 Å². The Hall–Kier alpha value is -3.73. The third kappa shape index (κ3) is 4.24. The summed E-state index contributed by atoms with van der Waals surface area (Å²) in [5, 5.41) is 9.43. The summed E-state index contributed by atoms with van der Waals surface area (Å²) in [6, 6.07) is 18.7. The van der Waals surface area contributed by atoms with E-state index in [1.54, 1.807) is 47.4 Å². The summed E-state index contributed by atoms with van der Waals surface area (Å²) in [6.45, 7) is 0.950. The van der Waals surface area contributed by atoms with Gasteiger partial charge in [-0.25, -0.2) is 8.78 Å². The Balaban J connectivity index is 1.53. The van der Waals surface area contributed by atoms with Crippen molar-refractivity contribution in [2.75, 3.05) is 6.54 Å². The molecule has 0 bridgehead atoms. The van der Waals surface area contributed by atoms with E-state index in [1.807, 2.05) is 0 Å². The fourth-order valence-electron chi connectivity index (χ4n) is 6.09. The highest BCUT2D eigenvalue weighted by molar-refractivity contribution is 5.81. The van der Waals surface area contributed by atoms with Crippen molar-refractivity contribution < 1.29 is 26.7 Å². The van der Waals surface area contributed by atoms with Gasteiger partial charge >= 0.3 is 6.18 Å². The van der Waals surface area contributed by atoms with Gasteiger partial charge in [-0.15, -0.1) is 0 Å². The highest BCUT2D eigenvalue weighted by atomic mass is 19.4. The van der Waals surface area contributed by atoms with Crippen LogP contribution in [0, 0.1) is 17.1 Å². The van der Waals surface area contributed by atoms with E-state index in [1.165, 1.54) is 24.3 Å². The molecule has 0 N–H and O–H groups in total. The lowest BCUT2D eigenvalue weighted by Crippen LogP contribution is -2.44. The van der Waals surface area contributed by atoms with Gasteiger partial charge in [-0.3, -0.25) is 4.79 Å². The third-order valence-electron chi connectivity index (χ3n) is 8.17. The zero-order valence-corrected chi connectivity index (χ0v) is 20.7. The Morgan fingerprint density at radius 2 is 1.79 bits per heavy atom. The zero-order valence-electron chi connectivity index (χ0n) is 20.7. The lowest BCUT2D eigenvalue weighted by atomic mass is 9.73. The fourth-order valence-corrected chi connectivity index (χ4v) is 6.09. The average molecular weight is 525 g/mol. The Labute approximate surface area is 217 Å². The van der Waals surface area contributed by atoms with Crippen LogP contribution < -0.4 is 0 Å². The van der Waals surface area contributed by atoms with Crippen LogP contribution in [0.5, 0.6) is 0 Å². The van der Waals surface area contributed by atoms with E-state index in [4.69, 9.17) is 0 Å². The first-order valence-electron chi connectivity index (χ1n) is 12.4. The number of fused-ring (bicyclic) bond motifs is 3. The Morgan fingerprint density at radius 3 is 2.47 bits per heavy atom. The number of amides is 1. The minimum atomic E-state index is -5.07. The molecule has 0 saturated carbocycles. The van der Waals surface area contributed by atoms with Gasteiger partial charge in [0.2, 0.25) is 11.6 Å². The van der Waals surface area contributed by atoms with Gasteiger partial charge in [0.25, 0.3) is 0 Å². The fraction of sp³-hybridized carbons (Fsp3) is 0.333. The zero-order chi connectivity index (χ0) is 27.3. The van der Waals surface area contributed by atoms with Crippen LogP contribution in [-0.2, 0) is 35.1 Å². The molecule has 0 aromatic heterocycles. The number of alkyl halides is 4. The van der Waals surface area contributed by atoms with Crippen LogP contribution in [0.3, 0.4) is 0 Å². The molecule has 5 rings (SSSR count). The smallest absolute Gasteiger partial charge is 0.338 e. The normalized spacial score (nSPS) is 21.9. The Morgan fingerprint density at radius 1 is 1.08 bits per heavy atom. The van der Waals surface area contributed by atoms with E-state index in [0.29, 0.717) is 43.0 Å². The van der Waals surface area contributed by atoms with Crippen molar-refractivity contribution in [2.45, 2.75) is 55.9 Å². The van der Waals surface area contributed by atoms with Gasteiger partial charge in [0, 0.05) is 18.0 Å². The predicted octanol–water partition coefficient (Wildman–Crippen LogP) is 6.32. The van der Waals surface area contributed by atoms with Gasteiger partial charge in [0.1, 0.15) is 5.82 Å². The van der Waals surface area contributed by atoms with Gasteiger partial charge in [-0.1, -0.05) is 48.5 Å². The summed E-state index contributed by atoms with van der Waals surface area (Å²) < 4.78 is 68.8. The molecule has 1 fully saturated rings. The molecular weight excluding hydrogens is 499 g/mol. The summed E-state index contributed by atoms with van der Waals surface area (Å²) in [5.74, 6) is -0.564. The quantitative estimate of drug-likeness (QED) is 0.367. The van der Waals surface area contributed by atoms with E-state index in [2.05, 4.69) is 6.07 Å². The first-order chi connectivity index (χ1) is 18.0. The highest BCUT2D eigenvalue weighted by Crippen LogP contribution is 2.52. The lowest BCUT2D eigenvalue weighted by Gasteiger charge is -2.34. The molecule has 3 atom stereocenters. The third-order valence-corrected chi connectivity index (χ3v) is 8.17. The first kappa shape index (κ1) is 25.9. The topological polar surface area (TPSA) is 44.1 Å². The van der Waals surface area contributed by atoms with E-state index in [9.17, 15) is 32.0 Å². The van der Waals surface area contributed by atoms with Crippen LogP contribution >= 0.6 is 0 Å². The van der Waals surface area contributed by atoms with Gasteiger partial charge in [0.15, 0.2) is 0 Å². The number of hydrogen-bond donors (Lipinski definition) is 0.